The number of halogens is 2. The van der Waals surface area contributed by atoms with Crippen molar-refractivity contribution >= 4 is 29.2 Å². The van der Waals surface area contributed by atoms with Crippen LogP contribution in [0.25, 0.3) is 11.1 Å². The van der Waals surface area contributed by atoms with Crippen molar-refractivity contribution in [2.24, 2.45) is 5.73 Å². The van der Waals surface area contributed by atoms with Crippen LogP contribution in [0.2, 0.25) is 10.0 Å². The first-order valence-corrected chi connectivity index (χ1v) is 10.3. The Balaban J connectivity index is 0.000000336. The van der Waals surface area contributed by atoms with E-state index in [4.69, 9.17) is 34.0 Å². The van der Waals surface area contributed by atoms with E-state index in [9.17, 15) is 9.90 Å². The molecule has 0 saturated heterocycles. The van der Waals surface area contributed by atoms with Gasteiger partial charge in [-0.3, -0.25) is 4.79 Å². The number of aliphatic hydroxyl groups excluding tert-OH is 1. The van der Waals surface area contributed by atoms with Crippen LogP contribution < -0.4 is 5.73 Å². The molecule has 2 aromatic carbocycles. The molecule has 1 aliphatic carbocycles. The first-order valence-electron chi connectivity index (χ1n) is 9.57. The number of carbonyl (C=O) groups is 1. The van der Waals surface area contributed by atoms with E-state index in [0.29, 0.717) is 21.7 Å². The Bertz CT molecular complexity index is 759. The highest BCUT2D eigenvalue weighted by Crippen LogP contribution is 2.31. The molecule has 0 amide bonds. The minimum Gasteiger partial charge on any atom is -0.481 e. The van der Waals surface area contributed by atoms with Gasteiger partial charge in [0.1, 0.15) is 0 Å². The number of hydrogen-bond donors (Lipinski definition) is 3. The van der Waals surface area contributed by atoms with Gasteiger partial charge in [-0.1, -0.05) is 72.8 Å². The van der Waals surface area contributed by atoms with E-state index < -0.39 is 12.1 Å². The lowest BCUT2D eigenvalue weighted by Gasteiger charge is -2.15. The molecule has 0 spiro atoms. The number of aliphatic hydroxyl groups is 1. The summed E-state index contributed by atoms with van der Waals surface area (Å²) in [5, 5.41) is 19.7. The number of nitrogens with two attached hydrogens (primary N) is 1. The fourth-order valence-electron chi connectivity index (χ4n) is 3.17. The molecule has 1 atom stereocenters. The second-order valence-corrected chi connectivity index (χ2v) is 7.94. The SMILES string of the molecule is NC1CCCCC1.O=C(O)CCC(O)c1ccc(-c2ccc(Cl)cc2Cl)cc1. The molecule has 1 saturated carbocycles. The summed E-state index contributed by atoms with van der Waals surface area (Å²) in [5.41, 5.74) is 8.08. The largest absolute Gasteiger partial charge is 0.481 e. The number of aliphatic carboxylic acids is 1. The molecule has 0 bridgehead atoms. The zero-order valence-corrected chi connectivity index (χ0v) is 17.3. The number of carboxylic acid groups (broad SMARTS) is 1. The molecule has 0 heterocycles. The number of carboxylic acids is 1. The zero-order valence-electron chi connectivity index (χ0n) is 15.8. The zero-order chi connectivity index (χ0) is 20.5. The number of benzene rings is 2. The molecule has 4 nitrogen and oxygen atoms in total. The predicted octanol–water partition coefficient (Wildman–Crippen LogP) is 5.84. The molecule has 6 heteroatoms. The predicted molar refractivity (Wildman–Crippen MR) is 115 cm³/mol. The normalized spacial score (nSPS) is 15.4. The van der Waals surface area contributed by atoms with Gasteiger partial charge < -0.3 is 15.9 Å². The molecule has 1 fully saturated rings. The third-order valence-corrected chi connectivity index (χ3v) is 5.37. The van der Waals surface area contributed by atoms with Gasteiger partial charge in [0.15, 0.2) is 0 Å². The Morgan fingerprint density at radius 3 is 2.21 bits per heavy atom. The van der Waals surface area contributed by atoms with Crippen molar-refractivity contribution in [3.8, 4) is 11.1 Å². The third-order valence-electron chi connectivity index (χ3n) is 4.82. The van der Waals surface area contributed by atoms with Gasteiger partial charge in [0, 0.05) is 28.1 Å². The molecule has 1 unspecified atom stereocenters. The van der Waals surface area contributed by atoms with Gasteiger partial charge in [-0.15, -0.1) is 0 Å². The highest BCUT2D eigenvalue weighted by atomic mass is 35.5. The van der Waals surface area contributed by atoms with Crippen LogP contribution in [0.15, 0.2) is 42.5 Å². The summed E-state index contributed by atoms with van der Waals surface area (Å²) < 4.78 is 0. The van der Waals surface area contributed by atoms with Crippen LogP contribution in [0.4, 0.5) is 0 Å². The Labute approximate surface area is 176 Å². The average molecular weight is 424 g/mol. The Morgan fingerprint density at radius 1 is 1.07 bits per heavy atom. The highest BCUT2D eigenvalue weighted by molar-refractivity contribution is 6.36. The van der Waals surface area contributed by atoms with Crippen LogP contribution in [0, 0.1) is 0 Å². The van der Waals surface area contributed by atoms with Gasteiger partial charge in [0.05, 0.1) is 6.10 Å². The summed E-state index contributed by atoms with van der Waals surface area (Å²) in [5.74, 6) is -0.918. The number of hydrogen-bond acceptors (Lipinski definition) is 3. The summed E-state index contributed by atoms with van der Waals surface area (Å²) in [4.78, 5) is 10.5. The molecular weight excluding hydrogens is 397 g/mol. The summed E-state index contributed by atoms with van der Waals surface area (Å²) in [7, 11) is 0. The monoisotopic (exact) mass is 423 g/mol. The van der Waals surface area contributed by atoms with Crippen molar-refractivity contribution in [1.82, 2.24) is 0 Å². The van der Waals surface area contributed by atoms with Crippen LogP contribution in [0.5, 0.6) is 0 Å². The molecular formula is C22H27Cl2NO3. The van der Waals surface area contributed by atoms with E-state index in [1.165, 1.54) is 32.1 Å². The van der Waals surface area contributed by atoms with Crippen molar-refractivity contribution in [3.63, 3.8) is 0 Å². The lowest BCUT2D eigenvalue weighted by molar-refractivity contribution is -0.137. The van der Waals surface area contributed by atoms with Gasteiger partial charge in [0.2, 0.25) is 0 Å². The van der Waals surface area contributed by atoms with Crippen molar-refractivity contribution < 1.29 is 15.0 Å². The van der Waals surface area contributed by atoms with E-state index >= 15 is 0 Å². The van der Waals surface area contributed by atoms with Gasteiger partial charge in [-0.05, 0) is 42.5 Å². The molecule has 0 aromatic heterocycles. The van der Waals surface area contributed by atoms with Gasteiger partial charge in [0.25, 0.3) is 0 Å². The molecule has 0 radical (unpaired) electrons. The minimum atomic E-state index is -0.918. The highest BCUT2D eigenvalue weighted by Gasteiger charge is 2.11. The fraction of sp³-hybridized carbons (Fsp3) is 0.409. The quantitative estimate of drug-likeness (QED) is 0.563. The standard InChI is InChI=1S/C16H14Cl2O3.C6H13N/c17-12-5-6-13(14(18)9-12)10-1-3-11(4-2-10)15(19)7-8-16(20)21;7-6-4-2-1-3-5-6/h1-6,9,15,19H,7-8H2,(H,20,21);6H,1-5,7H2. The second-order valence-electron chi connectivity index (χ2n) is 7.09. The summed E-state index contributed by atoms with van der Waals surface area (Å²) in [6.45, 7) is 0. The van der Waals surface area contributed by atoms with Crippen molar-refractivity contribution in [2.45, 2.75) is 57.1 Å². The first-order chi connectivity index (χ1) is 13.4. The Morgan fingerprint density at radius 2 is 1.71 bits per heavy atom. The summed E-state index contributed by atoms with van der Waals surface area (Å²) >= 11 is 12.0. The van der Waals surface area contributed by atoms with Crippen LogP contribution in [-0.4, -0.2) is 22.2 Å². The molecule has 1 aliphatic rings. The van der Waals surface area contributed by atoms with Crippen LogP contribution >= 0.6 is 23.2 Å². The molecule has 152 valence electrons. The van der Waals surface area contributed by atoms with Gasteiger partial charge >= 0.3 is 5.97 Å². The van der Waals surface area contributed by atoms with E-state index in [0.717, 1.165) is 11.1 Å². The molecule has 2 aromatic rings. The van der Waals surface area contributed by atoms with Crippen LogP contribution in [0.1, 0.15) is 56.6 Å². The topological polar surface area (TPSA) is 83.6 Å². The van der Waals surface area contributed by atoms with E-state index in [2.05, 4.69) is 0 Å². The van der Waals surface area contributed by atoms with E-state index in [1.807, 2.05) is 18.2 Å². The van der Waals surface area contributed by atoms with Crippen LogP contribution in [-0.2, 0) is 4.79 Å². The van der Waals surface area contributed by atoms with Crippen molar-refractivity contribution in [3.05, 3.63) is 58.1 Å². The summed E-state index contributed by atoms with van der Waals surface area (Å²) in [6.07, 6.45) is 6.01. The van der Waals surface area contributed by atoms with Crippen molar-refractivity contribution in [2.75, 3.05) is 0 Å². The maximum Gasteiger partial charge on any atom is 0.303 e. The van der Waals surface area contributed by atoms with Crippen molar-refractivity contribution in [1.29, 1.82) is 0 Å². The smallest absolute Gasteiger partial charge is 0.303 e. The maximum absolute atomic E-state index is 10.5. The Hall–Kier alpha value is -1.59. The Kier molecular flexibility index (Phi) is 9.26. The lowest BCUT2D eigenvalue weighted by Crippen LogP contribution is -2.22. The van der Waals surface area contributed by atoms with E-state index in [1.54, 1.807) is 24.3 Å². The third kappa shape index (κ3) is 7.44. The molecule has 28 heavy (non-hydrogen) atoms. The fourth-order valence-corrected chi connectivity index (χ4v) is 3.69. The molecule has 0 aliphatic heterocycles. The second kappa shape index (κ2) is 11.4. The van der Waals surface area contributed by atoms with E-state index in [-0.39, 0.29) is 12.8 Å². The molecule has 3 rings (SSSR count). The van der Waals surface area contributed by atoms with Crippen LogP contribution in [0.3, 0.4) is 0 Å². The lowest BCUT2D eigenvalue weighted by atomic mass is 9.97. The number of rotatable bonds is 5. The first kappa shape index (κ1) is 22.7. The maximum atomic E-state index is 10.5. The average Bonchev–Trinajstić information content (AvgIpc) is 2.67. The summed E-state index contributed by atoms with van der Waals surface area (Å²) in [6, 6.07) is 13.0. The minimum absolute atomic E-state index is 0.0636. The van der Waals surface area contributed by atoms with Gasteiger partial charge in [-0.25, -0.2) is 0 Å². The van der Waals surface area contributed by atoms with Gasteiger partial charge in [-0.2, -0.15) is 0 Å². The molecule has 4 N–H and O–H groups in total.